The third-order valence-corrected chi connectivity index (χ3v) is 2.42. The SMILES string of the molecule is COc1cc(C)c(SO)cc1OC. The van der Waals surface area contributed by atoms with Crippen molar-refractivity contribution in [3.8, 4) is 11.5 Å². The molecule has 0 radical (unpaired) electrons. The zero-order valence-electron chi connectivity index (χ0n) is 7.83. The molecule has 72 valence electrons. The smallest absolute Gasteiger partial charge is 0.161 e. The summed E-state index contributed by atoms with van der Waals surface area (Å²) in [6.07, 6.45) is 0. The fourth-order valence-electron chi connectivity index (χ4n) is 1.06. The first-order chi connectivity index (χ1) is 6.22. The zero-order valence-corrected chi connectivity index (χ0v) is 8.64. The molecule has 13 heavy (non-hydrogen) atoms. The molecule has 1 N–H and O–H groups in total. The summed E-state index contributed by atoms with van der Waals surface area (Å²) in [5.74, 6) is 1.31. The van der Waals surface area contributed by atoms with Crippen LogP contribution in [-0.2, 0) is 0 Å². The Hall–Kier alpha value is -0.870. The highest BCUT2D eigenvalue weighted by atomic mass is 32.2. The van der Waals surface area contributed by atoms with E-state index in [-0.39, 0.29) is 0 Å². The Morgan fingerprint density at radius 3 is 2.15 bits per heavy atom. The van der Waals surface area contributed by atoms with Gasteiger partial charge in [0.2, 0.25) is 0 Å². The van der Waals surface area contributed by atoms with Gasteiger partial charge in [-0.25, -0.2) is 0 Å². The highest BCUT2D eigenvalue weighted by molar-refractivity contribution is 7.93. The van der Waals surface area contributed by atoms with Crippen LogP contribution in [0.1, 0.15) is 5.56 Å². The van der Waals surface area contributed by atoms with Gasteiger partial charge in [0.15, 0.2) is 11.5 Å². The van der Waals surface area contributed by atoms with E-state index in [2.05, 4.69) is 0 Å². The van der Waals surface area contributed by atoms with Gasteiger partial charge in [-0.2, -0.15) is 0 Å². The van der Waals surface area contributed by atoms with Crippen LogP contribution in [0.2, 0.25) is 0 Å². The average Bonchev–Trinajstić information content (AvgIpc) is 2.17. The molecule has 0 atom stereocenters. The molecule has 0 bridgehead atoms. The van der Waals surface area contributed by atoms with Crippen molar-refractivity contribution < 1.29 is 14.0 Å². The predicted molar refractivity (Wildman–Crippen MR) is 52.8 cm³/mol. The number of methoxy groups -OCH3 is 2. The van der Waals surface area contributed by atoms with Crippen molar-refractivity contribution in [1.29, 1.82) is 0 Å². The summed E-state index contributed by atoms with van der Waals surface area (Å²) in [6, 6.07) is 3.58. The summed E-state index contributed by atoms with van der Waals surface area (Å²) >= 11 is 0.709. The molecule has 3 nitrogen and oxygen atoms in total. The summed E-state index contributed by atoms with van der Waals surface area (Å²) in [7, 11) is 3.15. The first kappa shape index (κ1) is 10.2. The van der Waals surface area contributed by atoms with E-state index in [1.54, 1.807) is 20.3 Å². The quantitative estimate of drug-likeness (QED) is 0.761. The van der Waals surface area contributed by atoms with Gasteiger partial charge in [0.05, 0.1) is 14.2 Å². The summed E-state index contributed by atoms with van der Waals surface area (Å²) in [4.78, 5) is 0.776. The van der Waals surface area contributed by atoms with Crippen LogP contribution < -0.4 is 9.47 Å². The van der Waals surface area contributed by atoms with Gasteiger partial charge in [0, 0.05) is 23.0 Å². The molecule has 0 aliphatic carbocycles. The molecule has 1 aromatic rings. The van der Waals surface area contributed by atoms with Crippen LogP contribution in [0.5, 0.6) is 11.5 Å². The lowest BCUT2D eigenvalue weighted by atomic mass is 10.2. The van der Waals surface area contributed by atoms with Crippen molar-refractivity contribution in [1.82, 2.24) is 0 Å². The highest BCUT2D eigenvalue weighted by Crippen LogP contribution is 2.33. The second-order valence-corrected chi connectivity index (χ2v) is 3.19. The lowest BCUT2D eigenvalue weighted by Gasteiger charge is -2.10. The predicted octanol–water partition coefficient (Wildman–Crippen LogP) is 2.58. The Morgan fingerprint density at radius 2 is 1.69 bits per heavy atom. The van der Waals surface area contributed by atoms with Crippen molar-refractivity contribution in [2.45, 2.75) is 11.8 Å². The molecule has 1 aromatic carbocycles. The number of hydrogen-bond donors (Lipinski definition) is 1. The molecular weight excluding hydrogens is 188 g/mol. The lowest BCUT2D eigenvalue weighted by molar-refractivity contribution is 0.353. The van der Waals surface area contributed by atoms with Gasteiger partial charge in [0.25, 0.3) is 0 Å². The van der Waals surface area contributed by atoms with Gasteiger partial charge in [-0.05, 0) is 18.6 Å². The molecule has 0 saturated heterocycles. The molecule has 0 amide bonds. The van der Waals surface area contributed by atoms with E-state index in [1.807, 2.05) is 13.0 Å². The fraction of sp³-hybridized carbons (Fsp3) is 0.333. The van der Waals surface area contributed by atoms with Gasteiger partial charge in [-0.3, -0.25) is 0 Å². The number of hydrogen-bond acceptors (Lipinski definition) is 4. The molecule has 0 saturated carbocycles. The minimum Gasteiger partial charge on any atom is -0.493 e. The van der Waals surface area contributed by atoms with Gasteiger partial charge in [-0.1, -0.05) is 0 Å². The maximum atomic E-state index is 8.92. The Kier molecular flexibility index (Phi) is 3.45. The van der Waals surface area contributed by atoms with E-state index in [1.165, 1.54) is 0 Å². The van der Waals surface area contributed by atoms with E-state index in [0.29, 0.717) is 23.5 Å². The van der Waals surface area contributed by atoms with Gasteiger partial charge in [-0.15, -0.1) is 0 Å². The van der Waals surface area contributed by atoms with Crippen molar-refractivity contribution in [3.63, 3.8) is 0 Å². The Balaban J connectivity index is 3.18. The minimum absolute atomic E-state index is 0.629. The minimum atomic E-state index is 0.629. The molecule has 0 fully saturated rings. The van der Waals surface area contributed by atoms with Crippen molar-refractivity contribution in [2.24, 2.45) is 0 Å². The second-order valence-electron chi connectivity index (χ2n) is 2.56. The average molecular weight is 200 g/mol. The maximum Gasteiger partial charge on any atom is 0.161 e. The van der Waals surface area contributed by atoms with Crippen LogP contribution >= 0.6 is 12.0 Å². The lowest BCUT2D eigenvalue weighted by Crippen LogP contribution is -1.92. The molecule has 0 aromatic heterocycles. The Labute approximate surface area is 81.9 Å². The van der Waals surface area contributed by atoms with Crippen LogP contribution in [-0.4, -0.2) is 18.8 Å². The first-order valence-electron chi connectivity index (χ1n) is 3.77. The number of benzene rings is 1. The number of aryl methyl sites for hydroxylation is 1. The van der Waals surface area contributed by atoms with Gasteiger partial charge < -0.3 is 14.0 Å². The maximum absolute atomic E-state index is 8.92. The normalized spacial score (nSPS) is 9.85. The number of ether oxygens (including phenoxy) is 2. The third kappa shape index (κ3) is 2.08. The van der Waals surface area contributed by atoms with Crippen LogP contribution in [0.15, 0.2) is 17.0 Å². The molecule has 0 spiro atoms. The van der Waals surface area contributed by atoms with E-state index in [4.69, 9.17) is 14.0 Å². The summed E-state index contributed by atoms with van der Waals surface area (Å²) < 4.78 is 19.1. The van der Waals surface area contributed by atoms with Crippen molar-refractivity contribution in [2.75, 3.05) is 14.2 Å². The highest BCUT2D eigenvalue weighted by Gasteiger charge is 2.07. The molecule has 0 aliphatic rings. The van der Waals surface area contributed by atoms with Crippen LogP contribution in [0.25, 0.3) is 0 Å². The van der Waals surface area contributed by atoms with Crippen LogP contribution in [0.4, 0.5) is 0 Å². The largest absolute Gasteiger partial charge is 0.493 e. The summed E-state index contributed by atoms with van der Waals surface area (Å²) in [5.41, 5.74) is 0.963. The van der Waals surface area contributed by atoms with Crippen molar-refractivity contribution in [3.05, 3.63) is 17.7 Å². The zero-order chi connectivity index (χ0) is 9.84. The van der Waals surface area contributed by atoms with E-state index in [9.17, 15) is 0 Å². The van der Waals surface area contributed by atoms with Crippen molar-refractivity contribution >= 4 is 12.0 Å². The summed E-state index contributed by atoms with van der Waals surface area (Å²) in [5, 5.41) is 0. The van der Waals surface area contributed by atoms with E-state index >= 15 is 0 Å². The Morgan fingerprint density at radius 1 is 1.15 bits per heavy atom. The first-order valence-corrected chi connectivity index (χ1v) is 4.54. The van der Waals surface area contributed by atoms with Gasteiger partial charge >= 0.3 is 0 Å². The summed E-state index contributed by atoms with van der Waals surface area (Å²) in [6.45, 7) is 1.90. The molecule has 0 aliphatic heterocycles. The molecule has 0 unspecified atom stereocenters. The molecular formula is C9H12O3S. The Bertz CT molecular complexity index is 299. The van der Waals surface area contributed by atoms with Gasteiger partial charge in [0.1, 0.15) is 0 Å². The molecule has 0 heterocycles. The second kappa shape index (κ2) is 4.39. The fourth-order valence-corrected chi connectivity index (χ4v) is 1.42. The third-order valence-electron chi connectivity index (χ3n) is 1.78. The molecule has 4 heteroatoms. The van der Waals surface area contributed by atoms with E-state index < -0.39 is 0 Å². The van der Waals surface area contributed by atoms with E-state index in [0.717, 1.165) is 10.5 Å². The van der Waals surface area contributed by atoms with Crippen LogP contribution in [0, 0.1) is 6.92 Å². The standard InChI is InChI=1S/C9H12O3S/c1-6-4-7(11-2)8(12-3)5-9(6)13-10/h4-5,10H,1-3H3. The molecule has 1 rings (SSSR count). The topological polar surface area (TPSA) is 38.7 Å². The number of rotatable bonds is 3. The van der Waals surface area contributed by atoms with Crippen LogP contribution in [0.3, 0.4) is 0 Å². The monoisotopic (exact) mass is 200 g/mol.